The first-order chi connectivity index (χ1) is 13.0. The first kappa shape index (κ1) is 17.3. The molecular formula is C17H15F3N6O. The molecule has 0 bridgehead atoms. The third kappa shape index (κ3) is 3.42. The quantitative estimate of drug-likeness (QED) is 0.740. The van der Waals surface area contributed by atoms with Gasteiger partial charge in [0.05, 0.1) is 0 Å². The summed E-state index contributed by atoms with van der Waals surface area (Å²) in [5, 5.41) is 14.1. The lowest BCUT2D eigenvalue weighted by Crippen LogP contribution is -2.33. The van der Waals surface area contributed by atoms with E-state index in [1.807, 2.05) is 0 Å². The van der Waals surface area contributed by atoms with Crippen molar-refractivity contribution in [2.24, 2.45) is 0 Å². The molecule has 0 spiro atoms. The Bertz CT molecular complexity index is 974. The Morgan fingerprint density at radius 3 is 2.67 bits per heavy atom. The zero-order chi connectivity index (χ0) is 19.0. The number of nitrogens with one attached hydrogen (secondary N) is 1. The van der Waals surface area contributed by atoms with E-state index in [0.29, 0.717) is 19.5 Å². The lowest BCUT2D eigenvalue weighted by molar-refractivity contribution is -0.128. The fraction of sp³-hybridized carbons (Fsp3) is 0.294. The number of likely N-dealkylation sites (tertiary alicyclic amines) is 1. The van der Waals surface area contributed by atoms with Gasteiger partial charge in [-0.2, -0.15) is 4.52 Å². The molecule has 1 aliphatic heterocycles. The van der Waals surface area contributed by atoms with Crippen LogP contribution in [0.4, 0.5) is 19.0 Å². The van der Waals surface area contributed by atoms with Crippen molar-refractivity contribution in [1.29, 1.82) is 0 Å². The van der Waals surface area contributed by atoms with E-state index < -0.39 is 18.3 Å². The van der Waals surface area contributed by atoms with Crippen LogP contribution in [0.3, 0.4) is 0 Å². The minimum absolute atomic E-state index is 0.126. The van der Waals surface area contributed by atoms with Crippen LogP contribution in [0.2, 0.25) is 0 Å². The second kappa shape index (κ2) is 6.86. The summed E-state index contributed by atoms with van der Waals surface area (Å²) in [7, 11) is 0. The maximum Gasteiger partial charge on any atom is 0.299 e. The number of hydrogen-bond donors (Lipinski definition) is 1. The minimum atomic E-state index is -2.80. The smallest absolute Gasteiger partial charge is 0.299 e. The summed E-state index contributed by atoms with van der Waals surface area (Å²) in [6.07, 6.45) is -2.26. The molecule has 1 aliphatic rings. The molecule has 7 nitrogen and oxygen atoms in total. The van der Waals surface area contributed by atoms with Gasteiger partial charge < -0.3 is 10.2 Å². The third-order valence-electron chi connectivity index (χ3n) is 4.39. The summed E-state index contributed by atoms with van der Waals surface area (Å²) in [4.78, 5) is 14.2. The van der Waals surface area contributed by atoms with Crippen molar-refractivity contribution in [2.75, 3.05) is 11.9 Å². The first-order valence-corrected chi connectivity index (χ1v) is 8.31. The van der Waals surface area contributed by atoms with Crippen LogP contribution >= 0.6 is 0 Å². The first-order valence-electron chi connectivity index (χ1n) is 8.31. The van der Waals surface area contributed by atoms with Gasteiger partial charge in [0, 0.05) is 13.1 Å². The van der Waals surface area contributed by atoms with Gasteiger partial charge in [-0.05, 0) is 36.2 Å². The van der Waals surface area contributed by atoms with Gasteiger partial charge >= 0.3 is 0 Å². The molecule has 0 saturated carbocycles. The molecule has 1 fully saturated rings. The molecule has 3 heterocycles. The van der Waals surface area contributed by atoms with Gasteiger partial charge in [-0.25, -0.2) is 13.2 Å². The van der Waals surface area contributed by atoms with E-state index in [1.165, 1.54) is 18.2 Å². The molecule has 2 aromatic heterocycles. The Morgan fingerprint density at radius 1 is 1.15 bits per heavy atom. The number of amides is 1. The van der Waals surface area contributed by atoms with Gasteiger partial charge in [-0.1, -0.05) is 12.1 Å². The number of halogens is 3. The van der Waals surface area contributed by atoms with E-state index in [9.17, 15) is 18.0 Å². The predicted molar refractivity (Wildman–Crippen MR) is 89.6 cm³/mol. The number of hydrogen-bond acceptors (Lipinski definition) is 5. The normalized spacial score (nSPS) is 17.3. The summed E-state index contributed by atoms with van der Waals surface area (Å²) < 4.78 is 39.8. The van der Waals surface area contributed by atoms with E-state index >= 15 is 0 Å². The lowest BCUT2D eigenvalue weighted by atomic mass is 10.2. The number of benzene rings is 1. The third-order valence-corrected chi connectivity index (χ3v) is 4.39. The Kier molecular flexibility index (Phi) is 4.38. The van der Waals surface area contributed by atoms with Crippen molar-refractivity contribution < 1.29 is 18.0 Å². The molecule has 0 aliphatic carbocycles. The zero-order valence-electron chi connectivity index (χ0n) is 14.0. The zero-order valence-corrected chi connectivity index (χ0v) is 14.0. The average Bonchev–Trinajstić information content (AvgIpc) is 3.22. The average molecular weight is 376 g/mol. The molecule has 1 atom stereocenters. The summed E-state index contributed by atoms with van der Waals surface area (Å²) in [5.41, 5.74) is 1.03. The molecular weight excluding hydrogens is 361 g/mol. The number of nitrogens with zero attached hydrogens (tertiary/aromatic N) is 5. The molecule has 1 N–H and O–H groups in total. The summed E-state index contributed by atoms with van der Waals surface area (Å²) in [6, 6.07) is 8.53. The summed E-state index contributed by atoms with van der Waals surface area (Å²) in [5.74, 6) is -0.723. The fourth-order valence-corrected chi connectivity index (χ4v) is 3.04. The van der Waals surface area contributed by atoms with Crippen LogP contribution in [0.25, 0.3) is 5.65 Å². The van der Waals surface area contributed by atoms with Crippen LogP contribution in [0.5, 0.6) is 0 Å². The van der Waals surface area contributed by atoms with E-state index in [1.54, 1.807) is 23.1 Å². The molecule has 1 aromatic carbocycles. The van der Waals surface area contributed by atoms with Crippen molar-refractivity contribution in [3.05, 3.63) is 53.6 Å². The second-order valence-electron chi connectivity index (χ2n) is 6.22. The van der Waals surface area contributed by atoms with Crippen molar-refractivity contribution in [1.82, 2.24) is 24.7 Å². The maximum absolute atomic E-state index is 13.0. The summed E-state index contributed by atoms with van der Waals surface area (Å²) >= 11 is 0. The van der Waals surface area contributed by atoms with Gasteiger partial charge in [0.25, 0.3) is 6.43 Å². The highest BCUT2D eigenvalue weighted by molar-refractivity contribution is 5.86. The van der Waals surface area contributed by atoms with Gasteiger partial charge in [0.2, 0.25) is 11.7 Å². The number of alkyl halides is 2. The second-order valence-corrected chi connectivity index (χ2v) is 6.22. The number of carbonyl (C=O) groups is 1. The van der Waals surface area contributed by atoms with Crippen molar-refractivity contribution >= 4 is 17.4 Å². The molecule has 27 heavy (non-hydrogen) atoms. The number of anilines is 1. The van der Waals surface area contributed by atoms with Crippen LogP contribution in [0, 0.1) is 5.82 Å². The number of carbonyl (C=O) groups excluding carboxylic acids is 1. The van der Waals surface area contributed by atoms with Gasteiger partial charge in [0.1, 0.15) is 17.7 Å². The van der Waals surface area contributed by atoms with E-state index in [4.69, 9.17) is 0 Å². The lowest BCUT2D eigenvalue weighted by Gasteiger charge is -2.17. The van der Waals surface area contributed by atoms with Crippen molar-refractivity contribution in [3.8, 4) is 0 Å². The number of rotatable bonds is 5. The number of fused-ring (bicyclic) bond motifs is 1. The van der Waals surface area contributed by atoms with Crippen LogP contribution in [0.15, 0.2) is 36.4 Å². The van der Waals surface area contributed by atoms with Crippen LogP contribution < -0.4 is 5.32 Å². The summed E-state index contributed by atoms with van der Waals surface area (Å²) in [6.45, 7) is 0.912. The maximum atomic E-state index is 13.0. The van der Waals surface area contributed by atoms with E-state index in [0.717, 1.165) is 10.1 Å². The molecule has 3 aromatic rings. The number of aromatic nitrogens is 4. The molecule has 140 valence electrons. The van der Waals surface area contributed by atoms with E-state index in [-0.39, 0.29) is 23.2 Å². The SMILES string of the molecule is O=C1C(Nc2ccc3nnc(C(F)F)n3n2)CCN1Cc1ccc(F)cc1. The Labute approximate surface area is 151 Å². The van der Waals surface area contributed by atoms with Gasteiger partial charge in [-0.15, -0.1) is 15.3 Å². The molecule has 1 unspecified atom stereocenters. The van der Waals surface area contributed by atoms with Crippen LogP contribution in [-0.4, -0.2) is 43.2 Å². The molecule has 1 saturated heterocycles. The van der Waals surface area contributed by atoms with Gasteiger partial charge in [-0.3, -0.25) is 4.79 Å². The minimum Gasteiger partial charge on any atom is -0.357 e. The molecule has 0 radical (unpaired) electrons. The monoisotopic (exact) mass is 376 g/mol. The molecule has 1 amide bonds. The Hall–Kier alpha value is -3.17. The Balaban J connectivity index is 1.47. The van der Waals surface area contributed by atoms with Crippen LogP contribution in [-0.2, 0) is 11.3 Å². The molecule has 10 heteroatoms. The topological polar surface area (TPSA) is 75.4 Å². The predicted octanol–water partition coefficient (Wildman–Crippen LogP) is 2.41. The highest BCUT2D eigenvalue weighted by atomic mass is 19.3. The largest absolute Gasteiger partial charge is 0.357 e. The van der Waals surface area contributed by atoms with Crippen molar-refractivity contribution in [3.63, 3.8) is 0 Å². The van der Waals surface area contributed by atoms with Crippen molar-refractivity contribution in [2.45, 2.75) is 25.4 Å². The highest BCUT2D eigenvalue weighted by Crippen LogP contribution is 2.21. The Morgan fingerprint density at radius 2 is 1.93 bits per heavy atom. The van der Waals surface area contributed by atoms with Crippen LogP contribution in [0.1, 0.15) is 24.2 Å². The molecule has 4 rings (SSSR count). The highest BCUT2D eigenvalue weighted by Gasteiger charge is 2.32. The fourth-order valence-electron chi connectivity index (χ4n) is 3.04. The standard InChI is InChI=1S/C17H15F3N6O/c18-11-3-1-10(2-4-11)9-25-8-7-12(17(25)27)21-13-5-6-14-22-23-16(15(19)20)26(14)24-13/h1-6,12,15H,7-9H2,(H,21,24). The van der Waals surface area contributed by atoms with Gasteiger partial charge in [0.15, 0.2) is 5.65 Å². The van der Waals surface area contributed by atoms with E-state index in [2.05, 4.69) is 20.6 Å².